The van der Waals surface area contributed by atoms with E-state index < -0.39 is 0 Å². The van der Waals surface area contributed by atoms with E-state index in [1.54, 1.807) is 11.0 Å². The minimum Gasteiger partial charge on any atom is -0.379 e. The van der Waals surface area contributed by atoms with Crippen LogP contribution < -0.4 is 4.90 Å². The number of anilines is 1. The van der Waals surface area contributed by atoms with E-state index in [2.05, 4.69) is 22.9 Å². The molecule has 8 heteroatoms. The second kappa shape index (κ2) is 11.2. The van der Waals surface area contributed by atoms with Crippen molar-refractivity contribution < 1.29 is 13.9 Å². The topological polar surface area (TPSA) is 45.7 Å². The number of thiazole rings is 1. The smallest absolute Gasteiger partial charge is 0.233 e. The summed E-state index contributed by atoms with van der Waals surface area (Å²) in [7, 11) is 0. The summed E-state index contributed by atoms with van der Waals surface area (Å²) in [6.45, 7) is 8.97. The van der Waals surface area contributed by atoms with Crippen LogP contribution in [0.3, 0.4) is 0 Å². The molecule has 1 saturated heterocycles. The molecule has 4 rings (SSSR count). The molecule has 3 aromatic rings. The monoisotopic (exact) mass is 477 g/mol. The van der Waals surface area contributed by atoms with Gasteiger partial charge in [0.15, 0.2) is 5.13 Å². The first kappa shape index (κ1) is 24.6. The Hall–Kier alpha value is -2.06. The van der Waals surface area contributed by atoms with E-state index in [1.807, 2.05) is 19.1 Å². The first-order valence-electron chi connectivity index (χ1n) is 10.7. The van der Waals surface area contributed by atoms with Crippen LogP contribution in [-0.2, 0) is 16.0 Å². The predicted octanol–water partition coefficient (Wildman–Crippen LogP) is 4.77. The van der Waals surface area contributed by atoms with Crippen LogP contribution in [0.25, 0.3) is 10.2 Å². The fraction of sp³-hybridized carbons (Fsp3) is 0.417. The summed E-state index contributed by atoms with van der Waals surface area (Å²) in [5.74, 6) is -0.267. The molecule has 0 spiro atoms. The normalized spacial score (nSPS) is 14.3. The molecular formula is C24H29ClFN3O2S. The van der Waals surface area contributed by atoms with Gasteiger partial charge in [-0.25, -0.2) is 9.37 Å². The van der Waals surface area contributed by atoms with E-state index in [9.17, 15) is 9.18 Å². The zero-order valence-electron chi connectivity index (χ0n) is 18.5. The highest BCUT2D eigenvalue weighted by atomic mass is 35.5. The Morgan fingerprint density at radius 1 is 1.19 bits per heavy atom. The molecule has 1 fully saturated rings. The SMILES string of the molecule is Cc1ccc(CC(=O)N(CCCN2CCOCC2)c2nc3ccc(F)cc3s2)c(C)c1.Cl. The highest BCUT2D eigenvalue weighted by Gasteiger charge is 2.21. The Labute approximate surface area is 198 Å². The lowest BCUT2D eigenvalue weighted by molar-refractivity contribution is -0.118. The molecule has 0 atom stereocenters. The summed E-state index contributed by atoms with van der Waals surface area (Å²) in [6, 6.07) is 10.7. The number of amides is 1. The van der Waals surface area contributed by atoms with Gasteiger partial charge in [0.1, 0.15) is 5.82 Å². The van der Waals surface area contributed by atoms with Gasteiger partial charge in [0.25, 0.3) is 0 Å². The Morgan fingerprint density at radius 2 is 1.97 bits per heavy atom. The van der Waals surface area contributed by atoms with E-state index in [0.29, 0.717) is 18.1 Å². The Morgan fingerprint density at radius 3 is 2.72 bits per heavy atom. The molecule has 1 aromatic heterocycles. The average molecular weight is 478 g/mol. The number of fused-ring (bicyclic) bond motifs is 1. The lowest BCUT2D eigenvalue weighted by Crippen LogP contribution is -2.39. The van der Waals surface area contributed by atoms with Crippen molar-refractivity contribution in [3.8, 4) is 0 Å². The summed E-state index contributed by atoms with van der Waals surface area (Å²) < 4.78 is 19.8. The molecule has 2 aromatic carbocycles. The van der Waals surface area contributed by atoms with Crippen molar-refractivity contribution in [2.45, 2.75) is 26.7 Å². The summed E-state index contributed by atoms with van der Waals surface area (Å²) >= 11 is 1.37. The Bertz CT molecular complexity index is 1070. The van der Waals surface area contributed by atoms with Crippen LogP contribution in [0.2, 0.25) is 0 Å². The van der Waals surface area contributed by atoms with Gasteiger partial charge in [-0.2, -0.15) is 0 Å². The van der Waals surface area contributed by atoms with Crippen LogP contribution in [0.15, 0.2) is 36.4 Å². The number of morpholine rings is 1. The molecule has 0 bridgehead atoms. The second-order valence-electron chi connectivity index (χ2n) is 8.07. The van der Waals surface area contributed by atoms with E-state index in [-0.39, 0.29) is 24.1 Å². The van der Waals surface area contributed by atoms with Crippen LogP contribution >= 0.6 is 23.7 Å². The van der Waals surface area contributed by atoms with Gasteiger partial charge in [-0.05, 0) is 49.6 Å². The van der Waals surface area contributed by atoms with Crippen molar-refractivity contribution in [3.05, 3.63) is 58.9 Å². The molecule has 0 N–H and O–H groups in total. The number of carbonyl (C=O) groups is 1. The molecule has 1 amide bonds. The number of aromatic nitrogens is 1. The van der Waals surface area contributed by atoms with Gasteiger partial charge in [-0.1, -0.05) is 35.1 Å². The van der Waals surface area contributed by atoms with Crippen LogP contribution in [-0.4, -0.2) is 55.2 Å². The van der Waals surface area contributed by atoms with Crippen LogP contribution in [0.1, 0.15) is 23.1 Å². The molecule has 172 valence electrons. The zero-order chi connectivity index (χ0) is 21.8. The molecule has 5 nitrogen and oxygen atoms in total. The van der Waals surface area contributed by atoms with Crippen molar-refractivity contribution in [1.29, 1.82) is 0 Å². The number of hydrogen-bond acceptors (Lipinski definition) is 5. The largest absolute Gasteiger partial charge is 0.379 e. The molecular weight excluding hydrogens is 449 g/mol. The second-order valence-corrected chi connectivity index (χ2v) is 9.08. The number of halogens is 2. The fourth-order valence-electron chi connectivity index (χ4n) is 3.91. The summed E-state index contributed by atoms with van der Waals surface area (Å²) in [6.07, 6.45) is 1.18. The number of carbonyl (C=O) groups excluding carboxylic acids is 1. The van der Waals surface area contributed by atoms with Crippen LogP contribution in [0.5, 0.6) is 0 Å². The van der Waals surface area contributed by atoms with Gasteiger partial charge < -0.3 is 4.74 Å². The fourth-order valence-corrected chi connectivity index (χ4v) is 4.94. The van der Waals surface area contributed by atoms with Crippen molar-refractivity contribution >= 4 is 45.0 Å². The van der Waals surface area contributed by atoms with E-state index in [0.717, 1.165) is 60.6 Å². The lowest BCUT2D eigenvalue weighted by atomic mass is 10.0. The maximum atomic E-state index is 13.7. The van der Waals surface area contributed by atoms with Gasteiger partial charge in [0.2, 0.25) is 5.91 Å². The Kier molecular flexibility index (Phi) is 8.59. The van der Waals surface area contributed by atoms with Crippen LogP contribution in [0.4, 0.5) is 9.52 Å². The number of ether oxygens (including phenoxy) is 1. The predicted molar refractivity (Wildman–Crippen MR) is 131 cm³/mol. The molecule has 0 unspecified atom stereocenters. The number of aryl methyl sites for hydroxylation is 2. The van der Waals surface area contributed by atoms with Gasteiger partial charge in [0, 0.05) is 26.2 Å². The third kappa shape index (κ3) is 6.04. The van der Waals surface area contributed by atoms with Gasteiger partial charge in [0.05, 0.1) is 29.9 Å². The van der Waals surface area contributed by atoms with E-state index in [4.69, 9.17) is 4.74 Å². The van der Waals surface area contributed by atoms with Gasteiger partial charge in [-0.15, -0.1) is 12.4 Å². The quantitative estimate of drug-likeness (QED) is 0.491. The van der Waals surface area contributed by atoms with Gasteiger partial charge >= 0.3 is 0 Å². The van der Waals surface area contributed by atoms with Crippen LogP contribution in [0, 0.1) is 19.7 Å². The molecule has 0 aliphatic carbocycles. The summed E-state index contributed by atoms with van der Waals surface area (Å²) in [5, 5.41) is 0.636. The van der Waals surface area contributed by atoms with Crippen molar-refractivity contribution in [2.24, 2.45) is 0 Å². The Balaban J connectivity index is 0.00000289. The highest BCUT2D eigenvalue weighted by molar-refractivity contribution is 7.22. The molecule has 32 heavy (non-hydrogen) atoms. The molecule has 0 radical (unpaired) electrons. The summed E-state index contributed by atoms with van der Waals surface area (Å²) in [5.41, 5.74) is 4.05. The number of rotatable bonds is 7. The molecule has 2 heterocycles. The standard InChI is InChI=1S/C24H28FN3O2S.ClH/c1-17-4-5-19(18(2)14-17)15-23(29)28(9-3-8-27-10-12-30-13-11-27)24-26-21-7-6-20(25)16-22(21)31-24;/h4-7,14,16H,3,8-13,15H2,1-2H3;1H. The van der Waals surface area contributed by atoms with E-state index >= 15 is 0 Å². The highest BCUT2D eigenvalue weighted by Crippen LogP contribution is 2.30. The lowest BCUT2D eigenvalue weighted by Gasteiger charge is -2.27. The third-order valence-electron chi connectivity index (χ3n) is 5.67. The van der Waals surface area contributed by atoms with Crippen molar-refractivity contribution in [2.75, 3.05) is 44.3 Å². The number of nitrogens with zero attached hydrogens (tertiary/aromatic N) is 3. The number of benzene rings is 2. The van der Waals surface area contributed by atoms with Gasteiger partial charge in [-0.3, -0.25) is 14.6 Å². The molecule has 0 saturated carbocycles. The maximum absolute atomic E-state index is 13.7. The van der Waals surface area contributed by atoms with Crippen molar-refractivity contribution in [1.82, 2.24) is 9.88 Å². The average Bonchev–Trinajstić information content (AvgIpc) is 3.16. The first-order chi connectivity index (χ1) is 15.0. The maximum Gasteiger partial charge on any atom is 0.233 e. The summed E-state index contributed by atoms with van der Waals surface area (Å²) in [4.78, 5) is 22.1. The minimum absolute atomic E-state index is 0. The zero-order valence-corrected chi connectivity index (χ0v) is 20.1. The first-order valence-corrected chi connectivity index (χ1v) is 11.5. The molecule has 1 aliphatic heterocycles. The van der Waals surface area contributed by atoms with Crippen molar-refractivity contribution in [3.63, 3.8) is 0 Å². The molecule has 1 aliphatic rings. The minimum atomic E-state index is -0.289. The third-order valence-corrected chi connectivity index (χ3v) is 6.71. The van der Waals surface area contributed by atoms with E-state index in [1.165, 1.54) is 29.0 Å². The number of hydrogen-bond donors (Lipinski definition) is 0.